The van der Waals surface area contributed by atoms with Gasteiger partial charge in [-0.25, -0.2) is 4.79 Å². The highest BCUT2D eigenvalue weighted by Gasteiger charge is 2.07. The summed E-state index contributed by atoms with van der Waals surface area (Å²) in [5, 5.41) is 6.57. The van der Waals surface area contributed by atoms with Crippen molar-refractivity contribution in [2.24, 2.45) is 0 Å². The second-order valence-electron chi connectivity index (χ2n) is 5.40. The van der Waals surface area contributed by atoms with Crippen molar-refractivity contribution in [3.63, 3.8) is 0 Å². The van der Waals surface area contributed by atoms with Crippen molar-refractivity contribution in [1.29, 1.82) is 0 Å². The van der Waals surface area contributed by atoms with E-state index < -0.39 is 0 Å². The zero-order valence-electron chi connectivity index (χ0n) is 14.0. The van der Waals surface area contributed by atoms with Crippen LogP contribution in [-0.2, 0) is 16.0 Å². The summed E-state index contributed by atoms with van der Waals surface area (Å²) in [7, 11) is 0. The fraction of sp³-hybridized carbons (Fsp3) is 0.263. The van der Waals surface area contributed by atoms with Crippen LogP contribution in [0.4, 0.5) is 5.69 Å². The number of esters is 1. The van der Waals surface area contributed by atoms with Gasteiger partial charge in [0.25, 0.3) is 0 Å². The number of benzene rings is 2. The number of halogens is 1. The number of rotatable bonds is 8. The van der Waals surface area contributed by atoms with Gasteiger partial charge in [0.05, 0.1) is 18.7 Å². The van der Waals surface area contributed by atoms with Crippen molar-refractivity contribution in [3.8, 4) is 0 Å². The third kappa shape index (κ3) is 6.57. The van der Waals surface area contributed by atoms with Crippen LogP contribution >= 0.6 is 11.6 Å². The van der Waals surface area contributed by atoms with Gasteiger partial charge in [-0.2, -0.15) is 0 Å². The summed E-state index contributed by atoms with van der Waals surface area (Å²) in [5.74, 6) is -0.516. The molecule has 0 saturated heterocycles. The number of anilines is 1. The first kappa shape index (κ1) is 19.0. The summed E-state index contributed by atoms with van der Waals surface area (Å²) in [6.45, 7) is 2.97. The minimum absolute atomic E-state index is 0.144. The highest BCUT2D eigenvalue weighted by Crippen LogP contribution is 2.11. The summed E-state index contributed by atoms with van der Waals surface area (Å²) < 4.78 is 4.91. The Bertz CT molecular complexity index is 717. The van der Waals surface area contributed by atoms with E-state index in [0.717, 1.165) is 12.0 Å². The number of hydrogen-bond acceptors (Lipinski definition) is 4. The smallest absolute Gasteiger partial charge is 0.338 e. The molecule has 25 heavy (non-hydrogen) atoms. The van der Waals surface area contributed by atoms with Crippen LogP contribution < -0.4 is 10.6 Å². The number of ether oxygens (including phenoxy) is 1. The van der Waals surface area contributed by atoms with Gasteiger partial charge in [0.2, 0.25) is 5.91 Å². The van der Waals surface area contributed by atoms with Crippen molar-refractivity contribution < 1.29 is 14.3 Å². The normalized spacial score (nSPS) is 10.3. The zero-order chi connectivity index (χ0) is 18.1. The molecule has 0 aliphatic rings. The third-order valence-corrected chi connectivity index (χ3v) is 3.68. The Labute approximate surface area is 152 Å². The molecule has 0 unspecified atom stereocenters. The molecular formula is C19H21ClN2O3. The van der Waals surface area contributed by atoms with Gasteiger partial charge in [-0.15, -0.1) is 0 Å². The van der Waals surface area contributed by atoms with Gasteiger partial charge in [-0.05, 0) is 61.9 Å². The van der Waals surface area contributed by atoms with E-state index in [4.69, 9.17) is 16.3 Å². The van der Waals surface area contributed by atoms with Gasteiger partial charge in [-0.1, -0.05) is 23.7 Å². The minimum atomic E-state index is -0.372. The molecule has 2 aromatic carbocycles. The van der Waals surface area contributed by atoms with Gasteiger partial charge in [0.15, 0.2) is 0 Å². The zero-order valence-corrected chi connectivity index (χ0v) is 14.8. The quantitative estimate of drug-likeness (QED) is 0.560. The predicted octanol–water partition coefficient (Wildman–Crippen LogP) is 3.29. The summed E-state index contributed by atoms with van der Waals surface area (Å²) in [6, 6.07) is 14.3. The van der Waals surface area contributed by atoms with Crippen LogP contribution in [0.5, 0.6) is 0 Å². The summed E-state index contributed by atoms with van der Waals surface area (Å²) in [6.07, 6.45) is 0.794. The lowest BCUT2D eigenvalue weighted by molar-refractivity contribution is -0.115. The van der Waals surface area contributed by atoms with Crippen LogP contribution in [0.15, 0.2) is 48.5 Å². The molecular weight excluding hydrogens is 340 g/mol. The number of carbonyl (C=O) groups excluding carboxylic acids is 2. The molecule has 0 aliphatic heterocycles. The van der Waals surface area contributed by atoms with Gasteiger partial charge < -0.3 is 15.4 Å². The first-order valence-corrected chi connectivity index (χ1v) is 8.48. The van der Waals surface area contributed by atoms with Crippen LogP contribution in [0.3, 0.4) is 0 Å². The van der Waals surface area contributed by atoms with Gasteiger partial charge in [0.1, 0.15) is 0 Å². The average molecular weight is 361 g/mol. The van der Waals surface area contributed by atoms with Crippen LogP contribution in [0.1, 0.15) is 22.8 Å². The van der Waals surface area contributed by atoms with Crippen LogP contribution in [0.25, 0.3) is 0 Å². The van der Waals surface area contributed by atoms with Gasteiger partial charge in [-0.3, -0.25) is 4.79 Å². The third-order valence-electron chi connectivity index (χ3n) is 3.44. The Kier molecular flexibility index (Phi) is 7.44. The molecule has 0 spiro atoms. The van der Waals surface area contributed by atoms with E-state index in [1.807, 2.05) is 24.3 Å². The molecule has 0 atom stereocenters. The maximum absolute atomic E-state index is 11.9. The maximum Gasteiger partial charge on any atom is 0.338 e. The minimum Gasteiger partial charge on any atom is -0.462 e. The predicted molar refractivity (Wildman–Crippen MR) is 99.1 cm³/mol. The molecule has 2 N–H and O–H groups in total. The second kappa shape index (κ2) is 9.81. The van der Waals surface area contributed by atoms with Crippen LogP contribution in [0.2, 0.25) is 5.02 Å². The van der Waals surface area contributed by atoms with Crippen molar-refractivity contribution in [1.82, 2.24) is 5.32 Å². The Hall–Kier alpha value is -2.37. The van der Waals surface area contributed by atoms with E-state index in [0.29, 0.717) is 29.4 Å². The SMILES string of the molecule is CCOC(=O)c1ccc(NC(=O)CNCCc2cccc(Cl)c2)cc1. The second-order valence-corrected chi connectivity index (χ2v) is 5.84. The summed E-state index contributed by atoms with van der Waals surface area (Å²) in [4.78, 5) is 23.5. The highest BCUT2D eigenvalue weighted by molar-refractivity contribution is 6.30. The first-order chi connectivity index (χ1) is 12.1. The highest BCUT2D eigenvalue weighted by atomic mass is 35.5. The molecule has 2 aromatic rings. The molecule has 0 aliphatic carbocycles. The molecule has 0 aromatic heterocycles. The molecule has 0 radical (unpaired) electrons. The fourth-order valence-corrected chi connectivity index (χ4v) is 2.45. The molecule has 0 saturated carbocycles. The van der Waals surface area contributed by atoms with Crippen LogP contribution in [-0.4, -0.2) is 31.6 Å². The monoisotopic (exact) mass is 360 g/mol. The molecule has 0 bridgehead atoms. The van der Waals surface area contributed by atoms with E-state index in [-0.39, 0.29) is 18.4 Å². The molecule has 5 nitrogen and oxygen atoms in total. The standard InChI is InChI=1S/C19H21ClN2O3/c1-2-25-19(24)15-6-8-17(9-7-15)22-18(23)13-21-11-10-14-4-3-5-16(20)12-14/h3-9,12,21H,2,10-11,13H2,1H3,(H,22,23). The van der Waals surface area contributed by atoms with E-state index in [2.05, 4.69) is 10.6 Å². The molecule has 2 rings (SSSR count). The number of hydrogen-bond donors (Lipinski definition) is 2. The van der Waals surface area contributed by atoms with E-state index in [1.54, 1.807) is 31.2 Å². The summed E-state index contributed by atoms with van der Waals surface area (Å²) in [5.41, 5.74) is 2.21. The van der Waals surface area contributed by atoms with Crippen molar-refractivity contribution in [3.05, 3.63) is 64.7 Å². The molecule has 132 valence electrons. The lowest BCUT2D eigenvalue weighted by atomic mass is 10.1. The number of amides is 1. The fourth-order valence-electron chi connectivity index (χ4n) is 2.24. The number of carbonyl (C=O) groups is 2. The van der Waals surface area contributed by atoms with E-state index in [9.17, 15) is 9.59 Å². The molecule has 1 amide bonds. The van der Waals surface area contributed by atoms with E-state index in [1.165, 1.54) is 0 Å². The number of nitrogens with one attached hydrogen (secondary N) is 2. The van der Waals surface area contributed by atoms with Gasteiger partial charge >= 0.3 is 5.97 Å². The average Bonchev–Trinajstić information content (AvgIpc) is 2.60. The Morgan fingerprint density at radius 1 is 1.12 bits per heavy atom. The van der Waals surface area contributed by atoms with Crippen molar-refractivity contribution in [2.75, 3.05) is 25.0 Å². The lowest BCUT2D eigenvalue weighted by Crippen LogP contribution is -2.29. The van der Waals surface area contributed by atoms with Crippen molar-refractivity contribution in [2.45, 2.75) is 13.3 Å². The Morgan fingerprint density at radius 3 is 2.56 bits per heavy atom. The Balaban J connectivity index is 1.72. The van der Waals surface area contributed by atoms with Crippen LogP contribution in [0, 0.1) is 0 Å². The maximum atomic E-state index is 11.9. The Morgan fingerprint density at radius 2 is 1.88 bits per heavy atom. The van der Waals surface area contributed by atoms with E-state index >= 15 is 0 Å². The first-order valence-electron chi connectivity index (χ1n) is 8.10. The topological polar surface area (TPSA) is 67.4 Å². The molecule has 0 heterocycles. The molecule has 6 heteroatoms. The van der Waals surface area contributed by atoms with Crippen molar-refractivity contribution >= 4 is 29.2 Å². The summed E-state index contributed by atoms with van der Waals surface area (Å²) >= 11 is 5.93. The van der Waals surface area contributed by atoms with Gasteiger partial charge in [0, 0.05) is 10.7 Å². The largest absolute Gasteiger partial charge is 0.462 e. The lowest BCUT2D eigenvalue weighted by Gasteiger charge is -2.08. The molecule has 0 fully saturated rings.